The number of nitrogens with zero attached hydrogens (tertiary/aromatic N) is 1. The molecule has 0 aromatic heterocycles. The van der Waals surface area contributed by atoms with E-state index in [0.29, 0.717) is 17.3 Å². The van der Waals surface area contributed by atoms with Crippen molar-refractivity contribution in [2.45, 2.75) is 9.79 Å². The molecule has 0 bridgehead atoms. The minimum atomic E-state index is -3.72. The van der Waals surface area contributed by atoms with Crippen LogP contribution in [-0.4, -0.2) is 44.5 Å². The summed E-state index contributed by atoms with van der Waals surface area (Å²) in [5.41, 5.74) is 0. The van der Waals surface area contributed by atoms with Gasteiger partial charge < -0.3 is 5.32 Å². The van der Waals surface area contributed by atoms with E-state index in [4.69, 9.17) is 11.6 Å². The third-order valence-electron chi connectivity index (χ3n) is 3.39. The molecular weight excluding hydrogens is 460 g/mol. The number of nitrogens with one attached hydrogen (secondary N) is 1. The fourth-order valence-electron chi connectivity index (χ4n) is 2.02. The zero-order chi connectivity index (χ0) is 19.2. The summed E-state index contributed by atoms with van der Waals surface area (Å²) in [6.45, 7) is 0.211. The van der Waals surface area contributed by atoms with E-state index < -0.39 is 10.0 Å². The maximum absolute atomic E-state index is 12.4. The SMILES string of the molecule is CN(CC(=O)NCCSc1ccc(Br)cc1)S(=O)(=O)c1ccc(Cl)cc1. The predicted octanol–water partition coefficient (Wildman–Crippen LogP) is 3.63. The van der Waals surface area contributed by atoms with Gasteiger partial charge in [0.2, 0.25) is 15.9 Å². The largest absolute Gasteiger partial charge is 0.354 e. The molecule has 1 N–H and O–H groups in total. The van der Waals surface area contributed by atoms with Gasteiger partial charge in [0, 0.05) is 33.7 Å². The van der Waals surface area contributed by atoms with Crippen molar-refractivity contribution in [2.75, 3.05) is 25.9 Å². The summed E-state index contributed by atoms with van der Waals surface area (Å²) < 4.78 is 26.9. The summed E-state index contributed by atoms with van der Waals surface area (Å²) in [5.74, 6) is 0.350. The van der Waals surface area contributed by atoms with E-state index in [9.17, 15) is 13.2 Å². The first-order valence-corrected chi connectivity index (χ1v) is 11.3. The van der Waals surface area contributed by atoms with Crippen LogP contribution in [0.5, 0.6) is 0 Å². The second kappa shape index (κ2) is 9.75. The highest BCUT2D eigenvalue weighted by atomic mass is 79.9. The van der Waals surface area contributed by atoms with Gasteiger partial charge in [0.1, 0.15) is 0 Å². The molecular formula is C17H18BrClN2O3S2. The van der Waals surface area contributed by atoms with Crippen molar-refractivity contribution in [3.63, 3.8) is 0 Å². The van der Waals surface area contributed by atoms with Crippen molar-refractivity contribution >= 4 is 55.2 Å². The number of likely N-dealkylation sites (N-methyl/N-ethyl adjacent to an activating group) is 1. The first-order valence-electron chi connectivity index (χ1n) is 7.66. The van der Waals surface area contributed by atoms with Gasteiger partial charge in [-0.1, -0.05) is 27.5 Å². The Labute approximate surface area is 171 Å². The van der Waals surface area contributed by atoms with Gasteiger partial charge in [-0.05, 0) is 48.5 Å². The smallest absolute Gasteiger partial charge is 0.243 e. The molecule has 2 rings (SSSR count). The van der Waals surface area contributed by atoms with E-state index in [1.807, 2.05) is 24.3 Å². The van der Waals surface area contributed by atoms with Crippen LogP contribution in [-0.2, 0) is 14.8 Å². The third-order valence-corrected chi connectivity index (χ3v) is 7.01. The van der Waals surface area contributed by atoms with Crippen LogP contribution >= 0.6 is 39.3 Å². The van der Waals surface area contributed by atoms with Gasteiger partial charge in [-0.25, -0.2) is 8.42 Å². The molecule has 26 heavy (non-hydrogen) atoms. The Kier molecular flexibility index (Phi) is 7.97. The Hall–Kier alpha value is -1.06. The molecule has 5 nitrogen and oxygen atoms in total. The number of sulfonamides is 1. The number of rotatable bonds is 8. The lowest BCUT2D eigenvalue weighted by atomic mass is 10.4. The van der Waals surface area contributed by atoms with Crippen molar-refractivity contribution in [3.05, 3.63) is 58.0 Å². The highest BCUT2D eigenvalue weighted by Gasteiger charge is 2.22. The van der Waals surface area contributed by atoms with E-state index in [2.05, 4.69) is 21.2 Å². The zero-order valence-electron chi connectivity index (χ0n) is 14.0. The molecule has 0 heterocycles. The maximum Gasteiger partial charge on any atom is 0.243 e. The molecule has 1 amide bonds. The number of carbonyl (C=O) groups excluding carboxylic acids is 1. The van der Waals surface area contributed by atoms with Crippen molar-refractivity contribution < 1.29 is 13.2 Å². The number of thioether (sulfide) groups is 1. The molecule has 0 aliphatic heterocycles. The molecule has 0 unspecified atom stereocenters. The van der Waals surface area contributed by atoms with Crippen LogP contribution in [0.25, 0.3) is 0 Å². The Bertz CT molecular complexity index is 843. The number of amides is 1. The van der Waals surface area contributed by atoms with Crippen LogP contribution in [0.2, 0.25) is 5.02 Å². The molecule has 140 valence electrons. The van der Waals surface area contributed by atoms with Gasteiger partial charge in [-0.3, -0.25) is 4.79 Å². The molecule has 0 aliphatic rings. The minimum absolute atomic E-state index is 0.1000. The van der Waals surface area contributed by atoms with Crippen LogP contribution in [0.1, 0.15) is 0 Å². The molecule has 0 fully saturated rings. The Morgan fingerprint density at radius 3 is 2.38 bits per heavy atom. The highest BCUT2D eigenvalue weighted by molar-refractivity contribution is 9.10. The molecule has 2 aromatic rings. The molecule has 0 atom stereocenters. The van der Waals surface area contributed by atoms with Crippen molar-refractivity contribution in [2.24, 2.45) is 0 Å². The van der Waals surface area contributed by atoms with Crippen LogP contribution in [0.15, 0.2) is 62.8 Å². The van der Waals surface area contributed by atoms with Crippen molar-refractivity contribution in [1.82, 2.24) is 9.62 Å². The fourth-order valence-corrected chi connectivity index (χ4v) is 4.31. The van der Waals surface area contributed by atoms with Crippen LogP contribution < -0.4 is 5.32 Å². The second-order valence-electron chi connectivity index (χ2n) is 5.37. The second-order valence-corrected chi connectivity index (χ2v) is 9.93. The van der Waals surface area contributed by atoms with E-state index in [1.54, 1.807) is 11.8 Å². The quantitative estimate of drug-likeness (QED) is 0.466. The number of hydrogen-bond acceptors (Lipinski definition) is 4. The summed E-state index contributed by atoms with van der Waals surface area (Å²) in [6.07, 6.45) is 0. The Balaban J connectivity index is 1.79. The van der Waals surface area contributed by atoms with E-state index in [-0.39, 0.29) is 17.3 Å². The topological polar surface area (TPSA) is 66.5 Å². The molecule has 2 aromatic carbocycles. The summed E-state index contributed by atoms with van der Waals surface area (Å²) in [6, 6.07) is 13.7. The molecule has 9 heteroatoms. The summed E-state index contributed by atoms with van der Waals surface area (Å²) in [5, 5.41) is 3.18. The van der Waals surface area contributed by atoms with Gasteiger partial charge in [0.15, 0.2) is 0 Å². The van der Waals surface area contributed by atoms with Crippen LogP contribution in [0, 0.1) is 0 Å². The third kappa shape index (κ3) is 6.28. The average molecular weight is 478 g/mol. The normalized spacial score (nSPS) is 11.5. The Morgan fingerprint density at radius 1 is 1.15 bits per heavy atom. The first kappa shape index (κ1) is 21.2. The standard InChI is InChI=1S/C17H18BrClN2O3S2/c1-21(26(23,24)16-8-4-14(19)5-9-16)12-17(22)20-10-11-25-15-6-2-13(18)3-7-15/h2-9H,10-12H2,1H3,(H,20,22). The molecule has 0 radical (unpaired) electrons. The maximum atomic E-state index is 12.4. The van der Waals surface area contributed by atoms with Gasteiger partial charge in [-0.15, -0.1) is 11.8 Å². The predicted molar refractivity (Wildman–Crippen MR) is 109 cm³/mol. The highest BCUT2D eigenvalue weighted by Crippen LogP contribution is 2.20. The number of halogens is 2. The van der Waals surface area contributed by atoms with Gasteiger partial charge in [-0.2, -0.15) is 4.31 Å². The summed E-state index contributed by atoms with van der Waals surface area (Å²) in [7, 11) is -2.35. The van der Waals surface area contributed by atoms with E-state index >= 15 is 0 Å². The Morgan fingerprint density at radius 2 is 1.77 bits per heavy atom. The van der Waals surface area contributed by atoms with Gasteiger partial charge in [0.05, 0.1) is 11.4 Å². The lowest BCUT2D eigenvalue weighted by Gasteiger charge is -2.17. The monoisotopic (exact) mass is 476 g/mol. The lowest BCUT2D eigenvalue weighted by Crippen LogP contribution is -2.39. The van der Waals surface area contributed by atoms with Gasteiger partial charge >= 0.3 is 0 Å². The summed E-state index contributed by atoms with van der Waals surface area (Å²) >= 11 is 10.8. The minimum Gasteiger partial charge on any atom is -0.354 e. The first-order chi connectivity index (χ1) is 12.3. The molecule has 0 saturated carbocycles. The number of carbonyl (C=O) groups is 1. The summed E-state index contributed by atoms with van der Waals surface area (Å²) in [4.78, 5) is 13.2. The van der Waals surface area contributed by atoms with Crippen molar-refractivity contribution in [3.8, 4) is 0 Å². The van der Waals surface area contributed by atoms with Crippen LogP contribution in [0.3, 0.4) is 0 Å². The molecule has 0 saturated heterocycles. The van der Waals surface area contributed by atoms with Gasteiger partial charge in [0.25, 0.3) is 0 Å². The van der Waals surface area contributed by atoms with E-state index in [0.717, 1.165) is 13.7 Å². The fraction of sp³-hybridized carbons (Fsp3) is 0.235. The lowest BCUT2D eigenvalue weighted by molar-refractivity contribution is -0.121. The number of hydrogen-bond donors (Lipinski definition) is 1. The number of benzene rings is 2. The molecule has 0 spiro atoms. The zero-order valence-corrected chi connectivity index (χ0v) is 18.0. The van der Waals surface area contributed by atoms with Crippen LogP contribution in [0.4, 0.5) is 0 Å². The van der Waals surface area contributed by atoms with Crippen molar-refractivity contribution in [1.29, 1.82) is 0 Å². The van der Waals surface area contributed by atoms with E-state index in [1.165, 1.54) is 31.3 Å². The average Bonchev–Trinajstić information content (AvgIpc) is 2.60. The molecule has 0 aliphatic carbocycles.